The Hall–Kier alpha value is -2.17. The van der Waals surface area contributed by atoms with Gasteiger partial charge in [0, 0.05) is 25.9 Å². The van der Waals surface area contributed by atoms with Crippen LogP contribution in [-0.4, -0.2) is 30.0 Å². The van der Waals surface area contributed by atoms with E-state index in [0.29, 0.717) is 18.7 Å². The standard InChI is InChI=1S/C14H18N2O3/c1-3-19-14(18)13-8-12(9-15-10-13)6-4-5-7-16-11(2)17/h4,6,8-10H,3,5,7H2,1-2H3,(H,16,17). The maximum absolute atomic E-state index is 11.5. The fourth-order valence-electron chi connectivity index (χ4n) is 1.43. The first-order chi connectivity index (χ1) is 9.13. The third-order valence-electron chi connectivity index (χ3n) is 2.27. The van der Waals surface area contributed by atoms with Gasteiger partial charge in [0.05, 0.1) is 12.2 Å². The summed E-state index contributed by atoms with van der Waals surface area (Å²) in [7, 11) is 0. The molecule has 102 valence electrons. The quantitative estimate of drug-likeness (QED) is 0.627. The number of amides is 1. The van der Waals surface area contributed by atoms with E-state index in [0.717, 1.165) is 12.0 Å². The molecule has 5 nitrogen and oxygen atoms in total. The van der Waals surface area contributed by atoms with Gasteiger partial charge in [0.2, 0.25) is 5.91 Å². The zero-order chi connectivity index (χ0) is 14.1. The highest BCUT2D eigenvalue weighted by Gasteiger charge is 2.06. The van der Waals surface area contributed by atoms with Crippen LogP contribution in [-0.2, 0) is 9.53 Å². The molecular weight excluding hydrogens is 244 g/mol. The number of hydrogen-bond acceptors (Lipinski definition) is 4. The molecule has 0 bridgehead atoms. The minimum Gasteiger partial charge on any atom is -0.462 e. The molecule has 1 heterocycles. The highest BCUT2D eigenvalue weighted by Crippen LogP contribution is 2.06. The number of aromatic nitrogens is 1. The minimum absolute atomic E-state index is 0.0422. The van der Waals surface area contributed by atoms with Crippen LogP contribution in [0.25, 0.3) is 6.08 Å². The number of pyridine rings is 1. The van der Waals surface area contributed by atoms with Crippen molar-refractivity contribution in [3.63, 3.8) is 0 Å². The molecule has 0 aliphatic rings. The summed E-state index contributed by atoms with van der Waals surface area (Å²) < 4.78 is 4.90. The van der Waals surface area contributed by atoms with Crippen LogP contribution in [0.15, 0.2) is 24.5 Å². The van der Waals surface area contributed by atoms with Gasteiger partial charge in [0.1, 0.15) is 0 Å². The molecule has 1 aromatic heterocycles. The van der Waals surface area contributed by atoms with Crippen molar-refractivity contribution in [2.24, 2.45) is 0 Å². The second kappa shape index (κ2) is 8.02. The van der Waals surface area contributed by atoms with Crippen LogP contribution in [0.2, 0.25) is 0 Å². The van der Waals surface area contributed by atoms with E-state index in [1.807, 2.05) is 12.2 Å². The first-order valence-corrected chi connectivity index (χ1v) is 6.16. The van der Waals surface area contributed by atoms with Crippen LogP contribution < -0.4 is 5.32 Å². The Morgan fingerprint density at radius 2 is 2.21 bits per heavy atom. The number of nitrogens with one attached hydrogen (secondary N) is 1. The van der Waals surface area contributed by atoms with E-state index in [1.165, 1.54) is 13.1 Å². The molecule has 0 aliphatic carbocycles. The summed E-state index contributed by atoms with van der Waals surface area (Å²) in [6.07, 6.45) is 7.65. The summed E-state index contributed by atoms with van der Waals surface area (Å²) in [5.74, 6) is -0.414. The maximum Gasteiger partial charge on any atom is 0.339 e. The Morgan fingerprint density at radius 3 is 2.89 bits per heavy atom. The largest absolute Gasteiger partial charge is 0.462 e. The van der Waals surface area contributed by atoms with Gasteiger partial charge in [0.25, 0.3) is 0 Å². The van der Waals surface area contributed by atoms with Crippen LogP contribution in [0.5, 0.6) is 0 Å². The zero-order valence-corrected chi connectivity index (χ0v) is 11.2. The lowest BCUT2D eigenvalue weighted by molar-refractivity contribution is -0.118. The molecule has 0 unspecified atom stereocenters. The van der Waals surface area contributed by atoms with E-state index in [4.69, 9.17) is 4.74 Å². The molecule has 0 saturated carbocycles. The molecule has 0 atom stereocenters. The zero-order valence-electron chi connectivity index (χ0n) is 11.2. The van der Waals surface area contributed by atoms with Gasteiger partial charge < -0.3 is 10.1 Å². The van der Waals surface area contributed by atoms with Crippen molar-refractivity contribution in [1.82, 2.24) is 10.3 Å². The number of esters is 1. The van der Waals surface area contributed by atoms with Crippen molar-refractivity contribution in [2.75, 3.05) is 13.2 Å². The molecule has 0 aromatic carbocycles. The van der Waals surface area contributed by atoms with Gasteiger partial charge in [-0.1, -0.05) is 12.2 Å². The Labute approximate surface area is 112 Å². The molecule has 19 heavy (non-hydrogen) atoms. The molecule has 1 aromatic rings. The Balaban J connectivity index is 2.54. The van der Waals surface area contributed by atoms with Crippen molar-refractivity contribution in [2.45, 2.75) is 20.3 Å². The molecule has 1 amide bonds. The summed E-state index contributed by atoms with van der Waals surface area (Å²) >= 11 is 0. The number of carbonyl (C=O) groups is 2. The molecule has 1 N–H and O–H groups in total. The summed E-state index contributed by atoms with van der Waals surface area (Å²) in [4.78, 5) is 26.2. The van der Waals surface area contributed by atoms with Gasteiger partial charge >= 0.3 is 5.97 Å². The van der Waals surface area contributed by atoms with E-state index < -0.39 is 0 Å². The van der Waals surface area contributed by atoms with Gasteiger partial charge in [-0.15, -0.1) is 0 Å². The molecule has 0 radical (unpaired) electrons. The normalized spacial score (nSPS) is 10.4. The Bertz CT molecular complexity index is 470. The molecular formula is C14H18N2O3. The average molecular weight is 262 g/mol. The van der Waals surface area contributed by atoms with Crippen molar-refractivity contribution in [3.05, 3.63) is 35.7 Å². The smallest absolute Gasteiger partial charge is 0.339 e. The van der Waals surface area contributed by atoms with Crippen molar-refractivity contribution in [1.29, 1.82) is 0 Å². The average Bonchev–Trinajstić information content (AvgIpc) is 2.38. The number of carbonyl (C=O) groups excluding carboxylic acids is 2. The summed E-state index contributed by atoms with van der Waals surface area (Å²) in [6.45, 7) is 4.18. The molecule has 5 heteroatoms. The fourth-order valence-corrected chi connectivity index (χ4v) is 1.43. The monoisotopic (exact) mass is 262 g/mol. The lowest BCUT2D eigenvalue weighted by Gasteiger charge is -2.02. The topological polar surface area (TPSA) is 68.3 Å². The first-order valence-electron chi connectivity index (χ1n) is 6.16. The van der Waals surface area contributed by atoms with Gasteiger partial charge in [-0.2, -0.15) is 0 Å². The summed E-state index contributed by atoms with van der Waals surface area (Å²) in [6, 6.07) is 1.72. The Morgan fingerprint density at radius 1 is 1.42 bits per heavy atom. The van der Waals surface area contributed by atoms with Gasteiger partial charge in [-0.25, -0.2) is 4.79 Å². The Kier molecular flexibility index (Phi) is 6.29. The van der Waals surface area contributed by atoms with Crippen LogP contribution in [0.3, 0.4) is 0 Å². The van der Waals surface area contributed by atoms with Gasteiger partial charge in [-0.3, -0.25) is 9.78 Å². The maximum atomic E-state index is 11.5. The van der Waals surface area contributed by atoms with E-state index in [2.05, 4.69) is 10.3 Å². The summed E-state index contributed by atoms with van der Waals surface area (Å²) in [5, 5.41) is 2.70. The van der Waals surface area contributed by atoms with Crippen molar-refractivity contribution < 1.29 is 14.3 Å². The van der Waals surface area contributed by atoms with E-state index in [-0.39, 0.29) is 11.9 Å². The molecule has 1 rings (SSSR count). The molecule has 0 fully saturated rings. The van der Waals surface area contributed by atoms with Crippen LogP contribution in [0.1, 0.15) is 36.2 Å². The number of nitrogens with zero attached hydrogens (tertiary/aromatic N) is 1. The van der Waals surface area contributed by atoms with Crippen molar-refractivity contribution >= 4 is 18.0 Å². The highest BCUT2D eigenvalue weighted by atomic mass is 16.5. The molecule has 0 saturated heterocycles. The second-order valence-electron chi connectivity index (χ2n) is 3.90. The highest BCUT2D eigenvalue weighted by molar-refractivity contribution is 5.89. The minimum atomic E-state index is -0.372. The number of hydrogen-bond donors (Lipinski definition) is 1. The third kappa shape index (κ3) is 5.81. The SMILES string of the molecule is CCOC(=O)c1cncc(C=CCCNC(C)=O)c1. The summed E-state index contributed by atoms with van der Waals surface area (Å²) in [5.41, 5.74) is 1.26. The lowest BCUT2D eigenvalue weighted by atomic mass is 10.2. The fraction of sp³-hybridized carbons (Fsp3) is 0.357. The predicted molar refractivity (Wildman–Crippen MR) is 72.5 cm³/mol. The van der Waals surface area contributed by atoms with Crippen LogP contribution in [0, 0.1) is 0 Å². The molecule has 0 aliphatic heterocycles. The third-order valence-corrected chi connectivity index (χ3v) is 2.27. The second-order valence-corrected chi connectivity index (χ2v) is 3.90. The lowest BCUT2D eigenvalue weighted by Crippen LogP contribution is -2.20. The van der Waals surface area contributed by atoms with E-state index >= 15 is 0 Å². The number of rotatable bonds is 6. The van der Waals surface area contributed by atoms with E-state index in [1.54, 1.807) is 19.2 Å². The predicted octanol–water partition coefficient (Wildman–Crippen LogP) is 1.80. The first kappa shape index (κ1) is 14.9. The van der Waals surface area contributed by atoms with Crippen LogP contribution >= 0.6 is 0 Å². The number of ether oxygens (including phenoxy) is 1. The van der Waals surface area contributed by atoms with Crippen molar-refractivity contribution in [3.8, 4) is 0 Å². The van der Waals surface area contributed by atoms with Gasteiger partial charge in [-0.05, 0) is 25.0 Å². The van der Waals surface area contributed by atoms with Gasteiger partial charge in [0.15, 0.2) is 0 Å². The van der Waals surface area contributed by atoms with Crippen LogP contribution in [0.4, 0.5) is 0 Å². The van der Waals surface area contributed by atoms with E-state index in [9.17, 15) is 9.59 Å². The molecule has 0 spiro atoms.